The Balaban J connectivity index is 2.24. The summed E-state index contributed by atoms with van der Waals surface area (Å²) in [6, 6.07) is 2.58. The number of hydrogen-bond donors (Lipinski definition) is 1. The number of hydrogen-bond acceptors (Lipinski definition) is 4. The Morgan fingerprint density at radius 1 is 1.33 bits per heavy atom. The third kappa shape index (κ3) is 2.97. The van der Waals surface area contributed by atoms with Gasteiger partial charge in [-0.3, -0.25) is 24.6 Å². The average Bonchev–Trinajstić information content (AvgIpc) is 2.38. The van der Waals surface area contributed by atoms with E-state index >= 15 is 0 Å². The van der Waals surface area contributed by atoms with Crippen molar-refractivity contribution in [3.05, 3.63) is 35.4 Å². The van der Waals surface area contributed by atoms with Crippen LogP contribution in [0.5, 0.6) is 0 Å². The van der Waals surface area contributed by atoms with Crippen molar-refractivity contribution in [2.24, 2.45) is 0 Å². The van der Waals surface area contributed by atoms with Crippen LogP contribution < -0.4 is 5.32 Å². The van der Waals surface area contributed by atoms with Crippen molar-refractivity contribution in [3.63, 3.8) is 0 Å². The molecule has 1 saturated heterocycles. The number of Topliss-reactive ketones (excluding diaryl/α,β-unsaturated/α-hetero) is 1. The van der Waals surface area contributed by atoms with E-state index in [1.54, 1.807) is 13.8 Å². The van der Waals surface area contributed by atoms with E-state index < -0.39 is 40.3 Å². The smallest absolute Gasteiger partial charge is 0.246 e. The minimum atomic E-state index is -1.09. The fourth-order valence-corrected chi connectivity index (χ4v) is 2.06. The van der Waals surface area contributed by atoms with Crippen LogP contribution in [0.25, 0.3) is 0 Å². The second-order valence-corrected chi connectivity index (χ2v) is 5.34. The zero-order chi connectivity index (χ0) is 15.8. The first-order valence-corrected chi connectivity index (χ1v) is 6.29. The van der Waals surface area contributed by atoms with Crippen molar-refractivity contribution in [2.45, 2.75) is 19.4 Å². The van der Waals surface area contributed by atoms with Gasteiger partial charge in [-0.05, 0) is 32.0 Å². The first kappa shape index (κ1) is 15.2. The van der Waals surface area contributed by atoms with E-state index in [1.165, 1.54) is 4.90 Å². The number of benzene rings is 1. The lowest BCUT2D eigenvalue weighted by Crippen LogP contribution is -2.64. The summed E-state index contributed by atoms with van der Waals surface area (Å²) in [4.78, 5) is 36.6. The molecule has 0 bridgehead atoms. The number of halogens is 2. The van der Waals surface area contributed by atoms with Crippen LogP contribution in [0.1, 0.15) is 24.2 Å². The van der Waals surface area contributed by atoms with Gasteiger partial charge in [-0.2, -0.15) is 0 Å². The molecule has 5 nitrogen and oxygen atoms in total. The Labute approximate surface area is 119 Å². The number of rotatable bonds is 3. The first-order valence-electron chi connectivity index (χ1n) is 6.29. The number of nitrogens with zero attached hydrogens (tertiary/aromatic N) is 1. The summed E-state index contributed by atoms with van der Waals surface area (Å²) >= 11 is 0. The van der Waals surface area contributed by atoms with E-state index in [4.69, 9.17) is 0 Å². The van der Waals surface area contributed by atoms with Gasteiger partial charge in [-0.25, -0.2) is 8.78 Å². The summed E-state index contributed by atoms with van der Waals surface area (Å²) in [7, 11) is 0. The van der Waals surface area contributed by atoms with Gasteiger partial charge in [0.25, 0.3) is 0 Å². The standard InChI is InChI=1S/C14H14F2N2O3/c1-14(2)13(21)17-12(20)7-18(14)6-11(19)9-5-8(15)3-4-10(9)16/h3-5H,6-7H2,1-2H3,(H,17,20,21). The van der Waals surface area contributed by atoms with Gasteiger partial charge in [0.2, 0.25) is 11.8 Å². The van der Waals surface area contributed by atoms with E-state index in [1.807, 2.05) is 0 Å². The number of ketones is 1. The molecule has 0 unspecified atom stereocenters. The SMILES string of the molecule is CC1(C)C(=O)NC(=O)CN1CC(=O)c1cc(F)ccc1F. The van der Waals surface area contributed by atoms with Crippen LogP contribution in [0.2, 0.25) is 0 Å². The Hall–Kier alpha value is -2.15. The molecule has 21 heavy (non-hydrogen) atoms. The normalized spacial score (nSPS) is 18.5. The van der Waals surface area contributed by atoms with Crippen LogP contribution in [0, 0.1) is 11.6 Å². The fraction of sp³-hybridized carbons (Fsp3) is 0.357. The zero-order valence-electron chi connectivity index (χ0n) is 11.6. The van der Waals surface area contributed by atoms with E-state index in [2.05, 4.69) is 5.32 Å². The molecule has 0 aliphatic carbocycles. The number of carbonyl (C=O) groups is 3. The molecule has 7 heteroatoms. The first-order chi connectivity index (χ1) is 9.71. The molecule has 1 heterocycles. The Bertz CT molecular complexity index is 629. The second-order valence-electron chi connectivity index (χ2n) is 5.34. The molecular weight excluding hydrogens is 282 g/mol. The van der Waals surface area contributed by atoms with E-state index in [-0.39, 0.29) is 13.1 Å². The quantitative estimate of drug-likeness (QED) is 0.664. The van der Waals surface area contributed by atoms with Gasteiger partial charge < -0.3 is 0 Å². The monoisotopic (exact) mass is 296 g/mol. The van der Waals surface area contributed by atoms with Crippen molar-refractivity contribution < 1.29 is 23.2 Å². The highest BCUT2D eigenvalue weighted by molar-refractivity contribution is 6.04. The molecule has 0 radical (unpaired) electrons. The molecule has 0 spiro atoms. The fourth-order valence-electron chi connectivity index (χ4n) is 2.06. The molecule has 0 atom stereocenters. The van der Waals surface area contributed by atoms with Crippen LogP contribution in [-0.2, 0) is 9.59 Å². The molecule has 0 saturated carbocycles. The molecule has 1 aromatic carbocycles. The average molecular weight is 296 g/mol. The van der Waals surface area contributed by atoms with Crippen molar-refractivity contribution in [3.8, 4) is 0 Å². The molecule has 1 aromatic rings. The van der Waals surface area contributed by atoms with Crippen LogP contribution >= 0.6 is 0 Å². The lowest BCUT2D eigenvalue weighted by Gasteiger charge is -2.39. The van der Waals surface area contributed by atoms with Crippen LogP contribution in [0.4, 0.5) is 8.78 Å². The third-order valence-corrected chi connectivity index (χ3v) is 3.50. The molecule has 1 fully saturated rings. The molecular formula is C14H14F2N2O3. The van der Waals surface area contributed by atoms with Gasteiger partial charge in [0.15, 0.2) is 5.78 Å². The van der Waals surface area contributed by atoms with Crippen LogP contribution in [0.15, 0.2) is 18.2 Å². The van der Waals surface area contributed by atoms with Gasteiger partial charge >= 0.3 is 0 Å². The predicted octanol–water partition coefficient (Wildman–Crippen LogP) is 0.884. The van der Waals surface area contributed by atoms with Crippen LogP contribution in [-0.4, -0.2) is 41.1 Å². The summed E-state index contributed by atoms with van der Waals surface area (Å²) in [5.74, 6) is -3.33. The summed E-state index contributed by atoms with van der Waals surface area (Å²) in [6.45, 7) is 2.57. The highest BCUT2D eigenvalue weighted by atomic mass is 19.1. The molecule has 0 aromatic heterocycles. The number of piperazine rings is 1. The highest BCUT2D eigenvalue weighted by Crippen LogP contribution is 2.19. The Morgan fingerprint density at radius 3 is 2.67 bits per heavy atom. The number of carbonyl (C=O) groups excluding carboxylic acids is 3. The number of imide groups is 1. The minimum Gasteiger partial charge on any atom is -0.294 e. The second kappa shape index (κ2) is 5.33. The topological polar surface area (TPSA) is 66.5 Å². The molecule has 1 aliphatic heterocycles. The lowest BCUT2D eigenvalue weighted by molar-refractivity contribution is -0.144. The molecule has 112 valence electrons. The molecule has 2 amide bonds. The van der Waals surface area contributed by atoms with Gasteiger partial charge in [-0.1, -0.05) is 0 Å². The Morgan fingerprint density at radius 2 is 2.00 bits per heavy atom. The zero-order valence-corrected chi connectivity index (χ0v) is 11.6. The maximum Gasteiger partial charge on any atom is 0.246 e. The number of amides is 2. The molecule has 2 rings (SSSR count). The van der Waals surface area contributed by atoms with Gasteiger partial charge in [0, 0.05) is 0 Å². The maximum atomic E-state index is 13.6. The van der Waals surface area contributed by atoms with E-state index in [9.17, 15) is 23.2 Å². The van der Waals surface area contributed by atoms with E-state index in [0.29, 0.717) is 0 Å². The minimum absolute atomic E-state index is 0.165. The summed E-state index contributed by atoms with van der Waals surface area (Å²) in [5, 5.41) is 2.17. The highest BCUT2D eigenvalue weighted by Gasteiger charge is 2.41. The Kier molecular flexibility index (Phi) is 3.87. The number of nitrogens with one attached hydrogen (secondary N) is 1. The van der Waals surface area contributed by atoms with Crippen molar-refractivity contribution in [1.82, 2.24) is 10.2 Å². The molecule has 1 aliphatic rings. The summed E-state index contributed by atoms with van der Waals surface area (Å²) in [5.41, 5.74) is -1.49. The van der Waals surface area contributed by atoms with Crippen molar-refractivity contribution in [1.29, 1.82) is 0 Å². The predicted molar refractivity (Wildman–Crippen MR) is 69.5 cm³/mol. The van der Waals surface area contributed by atoms with Gasteiger partial charge in [-0.15, -0.1) is 0 Å². The third-order valence-electron chi connectivity index (χ3n) is 3.50. The van der Waals surface area contributed by atoms with E-state index in [0.717, 1.165) is 18.2 Å². The summed E-state index contributed by atoms with van der Waals surface area (Å²) in [6.07, 6.45) is 0. The van der Waals surface area contributed by atoms with Gasteiger partial charge in [0.1, 0.15) is 11.6 Å². The van der Waals surface area contributed by atoms with Gasteiger partial charge in [0.05, 0.1) is 24.2 Å². The maximum absolute atomic E-state index is 13.6. The van der Waals surface area contributed by atoms with Crippen molar-refractivity contribution in [2.75, 3.05) is 13.1 Å². The lowest BCUT2D eigenvalue weighted by atomic mass is 9.97. The van der Waals surface area contributed by atoms with Crippen molar-refractivity contribution >= 4 is 17.6 Å². The molecule has 1 N–H and O–H groups in total. The largest absolute Gasteiger partial charge is 0.294 e. The van der Waals surface area contributed by atoms with Crippen LogP contribution in [0.3, 0.4) is 0 Å². The summed E-state index contributed by atoms with van der Waals surface area (Å²) < 4.78 is 26.7.